The molecule has 14 heavy (non-hydrogen) atoms. The van der Waals surface area contributed by atoms with Crippen molar-refractivity contribution in [3.8, 4) is 5.88 Å². The molecule has 1 aromatic heterocycles. The van der Waals surface area contributed by atoms with E-state index < -0.39 is 9.05 Å². The van der Waals surface area contributed by atoms with Crippen molar-refractivity contribution >= 4 is 19.7 Å². The van der Waals surface area contributed by atoms with E-state index in [9.17, 15) is 8.42 Å². The monoisotopic (exact) mass is 235 g/mol. The molecular weight excluding hydrogens is 226 g/mol. The van der Waals surface area contributed by atoms with Crippen molar-refractivity contribution in [2.75, 3.05) is 6.61 Å². The fraction of sp³-hybridized carbons (Fsp3) is 0.375. The summed E-state index contributed by atoms with van der Waals surface area (Å²) in [4.78, 5) is 3.71. The second kappa shape index (κ2) is 4.61. The van der Waals surface area contributed by atoms with Gasteiger partial charge in [-0.25, -0.2) is 13.4 Å². The zero-order valence-corrected chi connectivity index (χ0v) is 9.18. The average molecular weight is 236 g/mol. The number of rotatable bonds is 4. The highest BCUT2D eigenvalue weighted by Crippen LogP contribution is 2.23. The molecule has 0 bridgehead atoms. The van der Waals surface area contributed by atoms with Crippen LogP contribution in [0.3, 0.4) is 0 Å². The smallest absolute Gasteiger partial charge is 0.266 e. The topological polar surface area (TPSA) is 56.3 Å². The number of hydrogen-bond acceptors (Lipinski definition) is 4. The highest BCUT2D eigenvalue weighted by Gasteiger charge is 2.17. The Morgan fingerprint density at radius 3 is 2.86 bits per heavy atom. The first kappa shape index (κ1) is 11.3. The predicted octanol–water partition coefficient (Wildman–Crippen LogP) is 1.80. The van der Waals surface area contributed by atoms with E-state index >= 15 is 0 Å². The molecule has 0 radical (unpaired) electrons. The Bertz CT molecular complexity index is 405. The van der Waals surface area contributed by atoms with Crippen LogP contribution in [-0.4, -0.2) is 20.0 Å². The van der Waals surface area contributed by atoms with E-state index in [0.29, 0.717) is 6.61 Å². The predicted molar refractivity (Wildman–Crippen MR) is 53.1 cm³/mol. The molecule has 1 aromatic rings. The number of nitrogens with zero attached hydrogens (tertiary/aromatic N) is 1. The van der Waals surface area contributed by atoms with Gasteiger partial charge in [-0.1, -0.05) is 6.92 Å². The first-order valence-electron chi connectivity index (χ1n) is 4.08. The third kappa shape index (κ3) is 2.85. The Labute approximate surface area is 87.3 Å². The Morgan fingerprint density at radius 2 is 2.29 bits per heavy atom. The standard InChI is InChI=1S/C8H10ClNO3S/c1-2-6-13-8-7(14(9,11)12)4-3-5-10-8/h3-5H,2,6H2,1H3. The third-order valence-electron chi connectivity index (χ3n) is 1.44. The van der Waals surface area contributed by atoms with Crippen molar-refractivity contribution in [2.45, 2.75) is 18.2 Å². The van der Waals surface area contributed by atoms with Gasteiger partial charge in [0.05, 0.1) is 6.61 Å². The van der Waals surface area contributed by atoms with E-state index in [-0.39, 0.29) is 10.8 Å². The Hall–Kier alpha value is -0.810. The molecule has 0 unspecified atom stereocenters. The summed E-state index contributed by atoms with van der Waals surface area (Å²) in [5, 5.41) is 0. The van der Waals surface area contributed by atoms with Gasteiger partial charge in [-0.3, -0.25) is 0 Å². The summed E-state index contributed by atoms with van der Waals surface area (Å²) in [7, 11) is 1.42. The summed E-state index contributed by atoms with van der Waals surface area (Å²) in [5.74, 6) is 0.0596. The van der Waals surface area contributed by atoms with Gasteiger partial charge < -0.3 is 4.74 Å². The first-order chi connectivity index (χ1) is 6.55. The third-order valence-corrected chi connectivity index (χ3v) is 2.78. The molecular formula is C8H10ClNO3S. The normalized spacial score (nSPS) is 11.3. The Balaban J connectivity index is 3.04. The van der Waals surface area contributed by atoms with Gasteiger partial charge in [0.15, 0.2) is 0 Å². The maximum Gasteiger partial charge on any atom is 0.266 e. The number of ether oxygens (including phenoxy) is 1. The lowest BCUT2D eigenvalue weighted by molar-refractivity contribution is 0.296. The molecule has 4 nitrogen and oxygen atoms in total. The molecule has 78 valence electrons. The largest absolute Gasteiger partial charge is 0.477 e. The molecule has 0 N–H and O–H groups in total. The molecule has 0 fully saturated rings. The highest BCUT2D eigenvalue weighted by atomic mass is 35.7. The molecule has 0 atom stereocenters. The van der Waals surface area contributed by atoms with Gasteiger partial charge in [-0.2, -0.15) is 0 Å². The lowest BCUT2D eigenvalue weighted by Gasteiger charge is -2.05. The molecule has 1 heterocycles. The Kier molecular flexibility index (Phi) is 3.71. The van der Waals surface area contributed by atoms with Crippen molar-refractivity contribution in [1.29, 1.82) is 0 Å². The summed E-state index contributed by atoms with van der Waals surface area (Å²) in [5.41, 5.74) is 0. The zero-order chi connectivity index (χ0) is 10.6. The van der Waals surface area contributed by atoms with Gasteiger partial charge in [0.2, 0.25) is 5.88 Å². The first-order valence-corrected chi connectivity index (χ1v) is 6.39. The summed E-state index contributed by atoms with van der Waals surface area (Å²) in [6, 6.07) is 2.86. The summed E-state index contributed by atoms with van der Waals surface area (Å²) in [6.07, 6.45) is 2.23. The van der Waals surface area contributed by atoms with Crippen LogP contribution in [0.1, 0.15) is 13.3 Å². The van der Waals surface area contributed by atoms with Crippen molar-refractivity contribution < 1.29 is 13.2 Å². The SMILES string of the molecule is CCCOc1ncccc1S(=O)(=O)Cl. The van der Waals surface area contributed by atoms with Gasteiger partial charge in [-0.15, -0.1) is 0 Å². The van der Waals surface area contributed by atoms with Crippen molar-refractivity contribution in [2.24, 2.45) is 0 Å². The van der Waals surface area contributed by atoms with Gasteiger partial charge >= 0.3 is 0 Å². The molecule has 0 aromatic carbocycles. The van der Waals surface area contributed by atoms with E-state index in [1.165, 1.54) is 18.3 Å². The van der Waals surface area contributed by atoms with Crippen LogP contribution in [0, 0.1) is 0 Å². The number of hydrogen-bond donors (Lipinski definition) is 0. The number of pyridine rings is 1. The quantitative estimate of drug-likeness (QED) is 0.747. The average Bonchev–Trinajstić information content (AvgIpc) is 2.14. The lowest BCUT2D eigenvalue weighted by atomic mass is 10.5. The van der Waals surface area contributed by atoms with E-state index in [0.717, 1.165) is 6.42 Å². The van der Waals surface area contributed by atoms with Crippen molar-refractivity contribution in [1.82, 2.24) is 4.98 Å². The zero-order valence-electron chi connectivity index (χ0n) is 7.60. The molecule has 6 heteroatoms. The summed E-state index contributed by atoms with van der Waals surface area (Å²) in [6.45, 7) is 2.33. The molecule has 0 aliphatic carbocycles. The lowest BCUT2D eigenvalue weighted by Crippen LogP contribution is -2.02. The molecule has 0 aliphatic heterocycles. The number of aromatic nitrogens is 1. The van der Waals surface area contributed by atoms with Crippen LogP contribution in [0.4, 0.5) is 0 Å². The van der Waals surface area contributed by atoms with Gasteiger partial charge in [0.25, 0.3) is 9.05 Å². The fourth-order valence-corrected chi connectivity index (χ4v) is 1.78. The fourth-order valence-electron chi connectivity index (χ4n) is 0.869. The highest BCUT2D eigenvalue weighted by molar-refractivity contribution is 8.13. The molecule has 1 rings (SSSR count). The van der Waals surface area contributed by atoms with Crippen LogP contribution in [-0.2, 0) is 9.05 Å². The van der Waals surface area contributed by atoms with Crippen LogP contribution in [0.5, 0.6) is 5.88 Å². The van der Waals surface area contributed by atoms with Gasteiger partial charge in [-0.05, 0) is 18.6 Å². The maximum atomic E-state index is 11.1. The van der Waals surface area contributed by atoms with Crippen LogP contribution in [0.25, 0.3) is 0 Å². The van der Waals surface area contributed by atoms with E-state index in [4.69, 9.17) is 15.4 Å². The van der Waals surface area contributed by atoms with E-state index in [1.54, 1.807) is 0 Å². The van der Waals surface area contributed by atoms with Crippen molar-refractivity contribution in [3.05, 3.63) is 18.3 Å². The minimum absolute atomic E-state index is 0.0596. The van der Waals surface area contributed by atoms with Crippen LogP contribution in [0.15, 0.2) is 23.2 Å². The second-order valence-electron chi connectivity index (χ2n) is 2.59. The van der Waals surface area contributed by atoms with Gasteiger partial charge in [0, 0.05) is 16.9 Å². The minimum Gasteiger partial charge on any atom is -0.477 e. The van der Waals surface area contributed by atoms with Crippen LogP contribution in [0.2, 0.25) is 0 Å². The molecule has 0 amide bonds. The van der Waals surface area contributed by atoms with E-state index in [1.807, 2.05) is 6.92 Å². The van der Waals surface area contributed by atoms with Crippen molar-refractivity contribution in [3.63, 3.8) is 0 Å². The summed E-state index contributed by atoms with van der Waals surface area (Å²) >= 11 is 0. The maximum absolute atomic E-state index is 11.1. The number of halogens is 1. The van der Waals surface area contributed by atoms with Crippen LogP contribution >= 0.6 is 10.7 Å². The molecule has 0 saturated heterocycles. The summed E-state index contributed by atoms with van der Waals surface area (Å²) < 4.78 is 27.3. The Morgan fingerprint density at radius 1 is 1.57 bits per heavy atom. The minimum atomic E-state index is -3.78. The van der Waals surface area contributed by atoms with Crippen LogP contribution < -0.4 is 4.74 Å². The molecule has 0 aliphatic rings. The molecule has 0 saturated carbocycles. The second-order valence-corrected chi connectivity index (χ2v) is 5.13. The van der Waals surface area contributed by atoms with E-state index in [2.05, 4.69) is 4.98 Å². The van der Waals surface area contributed by atoms with Gasteiger partial charge in [0.1, 0.15) is 4.90 Å². The molecule has 0 spiro atoms.